The van der Waals surface area contributed by atoms with Gasteiger partial charge < -0.3 is 19.7 Å². The molecule has 0 aromatic heterocycles. The van der Waals surface area contributed by atoms with E-state index in [9.17, 15) is 0 Å². The lowest BCUT2D eigenvalue weighted by Crippen LogP contribution is -2.47. The number of nitrogens with zero attached hydrogens (tertiary/aromatic N) is 1. The van der Waals surface area contributed by atoms with Crippen molar-refractivity contribution in [3.63, 3.8) is 0 Å². The highest BCUT2D eigenvalue weighted by Gasteiger charge is 2.21. The van der Waals surface area contributed by atoms with Crippen molar-refractivity contribution >= 4 is 0 Å². The van der Waals surface area contributed by atoms with E-state index in [1.807, 2.05) is 6.07 Å². The first kappa shape index (κ1) is 18.1. The monoisotopic (exact) mass is 320 g/mol. The highest BCUT2D eigenvalue weighted by Crippen LogP contribution is 2.28. The Hall–Kier alpha value is -1.26. The van der Waals surface area contributed by atoms with E-state index in [4.69, 9.17) is 9.47 Å². The summed E-state index contributed by atoms with van der Waals surface area (Å²) in [4.78, 5) is 2.57. The quantitative estimate of drug-likeness (QED) is 0.837. The molecule has 0 radical (unpaired) electrons. The maximum absolute atomic E-state index is 5.39. The Morgan fingerprint density at radius 3 is 2.30 bits per heavy atom. The second kappa shape index (κ2) is 8.55. The van der Waals surface area contributed by atoms with Crippen LogP contribution in [0.3, 0.4) is 0 Å². The van der Waals surface area contributed by atoms with Crippen molar-refractivity contribution in [3.05, 3.63) is 23.8 Å². The van der Waals surface area contributed by atoms with Crippen molar-refractivity contribution in [2.75, 3.05) is 27.3 Å². The number of ether oxygens (including phenoxy) is 2. The lowest BCUT2D eigenvalue weighted by Gasteiger charge is -2.36. The molecular weight excluding hydrogens is 288 g/mol. The van der Waals surface area contributed by atoms with Gasteiger partial charge in [-0.1, -0.05) is 6.07 Å². The van der Waals surface area contributed by atoms with Gasteiger partial charge in [-0.25, -0.2) is 0 Å². The normalized spacial score (nSPS) is 18.2. The average molecular weight is 320 g/mol. The van der Waals surface area contributed by atoms with E-state index in [0.29, 0.717) is 18.1 Å². The molecule has 1 fully saturated rings. The van der Waals surface area contributed by atoms with Gasteiger partial charge in [0.1, 0.15) is 0 Å². The Morgan fingerprint density at radius 1 is 1.09 bits per heavy atom. The van der Waals surface area contributed by atoms with E-state index in [-0.39, 0.29) is 0 Å². The fraction of sp³-hybridized carbons (Fsp3) is 0.684. The minimum Gasteiger partial charge on any atom is -0.493 e. The van der Waals surface area contributed by atoms with Crippen LogP contribution in [0.5, 0.6) is 11.5 Å². The summed E-state index contributed by atoms with van der Waals surface area (Å²) in [6, 6.07) is 7.96. The Bertz CT molecular complexity index is 482. The molecule has 0 spiro atoms. The summed E-state index contributed by atoms with van der Waals surface area (Å²) >= 11 is 0. The van der Waals surface area contributed by atoms with Crippen molar-refractivity contribution in [3.8, 4) is 11.5 Å². The fourth-order valence-corrected chi connectivity index (χ4v) is 3.40. The predicted molar refractivity (Wildman–Crippen MR) is 95.6 cm³/mol. The first-order valence-corrected chi connectivity index (χ1v) is 8.74. The third-order valence-electron chi connectivity index (χ3n) is 4.77. The zero-order valence-electron chi connectivity index (χ0n) is 15.3. The van der Waals surface area contributed by atoms with E-state index in [1.54, 1.807) is 14.2 Å². The maximum atomic E-state index is 5.39. The first-order chi connectivity index (χ1) is 11.0. The Morgan fingerprint density at radius 2 is 1.74 bits per heavy atom. The van der Waals surface area contributed by atoms with E-state index >= 15 is 0 Å². The highest BCUT2D eigenvalue weighted by atomic mass is 16.5. The third-order valence-corrected chi connectivity index (χ3v) is 4.77. The van der Waals surface area contributed by atoms with Crippen LogP contribution in [-0.2, 0) is 6.42 Å². The summed E-state index contributed by atoms with van der Waals surface area (Å²) in [5.74, 6) is 1.60. The first-order valence-electron chi connectivity index (χ1n) is 8.74. The molecule has 4 nitrogen and oxygen atoms in total. The third kappa shape index (κ3) is 5.11. The molecule has 0 amide bonds. The number of hydrogen-bond donors (Lipinski definition) is 1. The Balaban J connectivity index is 1.84. The van der Waals surface area contributed by atoms with Crippen molar-refractivity contribution in [2.45, 2.75) is 58.2 Å². The van der Waals surface area contributed by atoms with Gasteiger partial charge in [-0.05, 0) is 70.8 Å². The van der Waals surface area contributed by atoms with E-state index in [2.05, 4.69) is 43.1 Å². The zero-order valence-corrected chi connectivity index (χ0v) is 15.3. The maximum Gasteiger partial charge on any atom is 0.160 e. The molecule has 1 heterocycles. The molecule has 1 aromatic carbocycles. The minimum atomic E-state index is 0.462. The van der Waals surface area contributed by atoms with Crippen LogP contribution in [0.25, 0.3) is 0 Å². The Kier molecular flexibility index (Phi) is 6.72. The summed E-state index contributed by atoms with van der Waals surface area (Å²) < 4.78 is 10.7. The lowest BCUT2D eigenvalue weighted by atomic mass is 10.0. The topological polar surface area (TPSA) is 33.7 Å². The number of likely N-dealkylation sites (tertiary alicyclic amines) is 1. The molecule has 23 heavy (non-hydrogen) atoms. The smallest absolute Gasteiger partial charge is 0.160 e. The molecule has 2 rings (SSSR count). The highest BCUT2D eigenvalue weighted by molar-refractivity contribution is 5.43. The van der Waals surface area contributed by atoms with E-state index in [0.717, 1.165) is 17.9 Å². The van der Waals surface area contributed by atoms with Crippen LogP contribution in [-0.4, -0.2) is 50.3 Å². The average Bonchev–Trinajstić information content (AvgIpc) is 2.55. The fourth-order valence-electron chi connectivity index (χ4n) is 3.40. The largest absolute Gasteiger partial charge is 0.493 e. The molecular formula is C19H32N2O2. The molecule has 1 atom stereocenters. The van der Waals surface area contributed by atoms with E-state index < -0.39 is 0 Å². The predicted octanol–water partition coefficient (Wildman–Crippen LogP) is 3.10. The second-order valence-corrected chi connectivity index (χ2v) is 6.87. The number of nitrogens with one attached hydrogen (secondary N) is 1. The molecule has 0 saturated carbocycles. The Labute approximate surface area is 141 Å². The van der Waals surface area contributed by atoms with Gasteiger partial charge in [0.2, 0.25) is 0 Å². The van der Waals surface area contributed by atoms with Gasteiger partial charge in [-0.2, -0.15) is 0 Å². The van der Waals surface area contributed by atoms with Crippen molar-refractivity contribution in [2.24, 2.45) is 0 Å². The lowest BCUT2D eigenvalue weighted by molar-refractivity contribution is 0.157. The molecule has 4 heteroatoms. The summed E-state index contributed by atoms with van der Waals surface area (Å²) in [6.45, 7) is 9.25. The number of piperidine rings is 1. The van der Waals surface area contributed by atoms with Crippen molar-refractivity contribution < 1.29 is 9.47 Å². The zero-order chi connectivity index (χ0) is 16.8. The molecule has 130 valence electrons. The summed E-state index contributed by atoms with van der Waals surface area (Å²) in [5, 5.41) is 3.79. The molecule has 1 aliphatic rings. The molecule has 1 unspecified atom stereocenters. The molecule has 0 bridgehead atoms. The summed E-state index contributed by atoms with van der Waals surface area (Å²) in [5.41, 5.74) is 1.28. The summed E-state index contributed by atoms with van der Waals surface area (Å²) in [7, 11) is 3.36. The van der Waals surface area contributed by atoms with Gasteiger partial charge in [0, 0.05) is 18.1 Å². The van der Waals surface area contributed by atoms with Gasteiger partial charge in [-0.15, -0.1) is 0 Å². The number of methoxy groups -OCH3 is 2. The molecule has 1 N–H and O–H groups in total. The van der Waals surface area contributed by atoms with Gasteiger partial charge >= 0.3 is 0 Å². The standard InChI is InChI=1S/C19H32N2O2/c1-14(2)21-10-8-17(9-11-21)20-15(3)12-16-6-7-18(22-4)19(13-16)23-5/h6-7,13-15,17,20H,8-12H2,1-5H3. The number of benzene rings is 1. The molecule has 1 aliphatic heterocycles. The van der Waals surface area contributed by atoms with Crippen LogP contribution >= 0.6 is 0 Å². The van der Waals surface area contributed by atoms with Crippen LogP contribution in [0.1, 0.15) is 39.2 Å². The van der Waals surface area contributed by atoms with Crippen LogP contribution in [0.15, 0.2) is 18.2 Å². The van der Waals surface area contributed by atoms with Gasteiger partial charge in [-0.3, -0.25) is 0 Å². The van der Waals surface area contributed by atoms with Crippen LogP contribution in [0, 0.1) is 0 Å². The van der Waals surface area contributed by atoms with Gasteiger partial charge in [0.25, 0.3) is 0 Å². The molecule has 0 aliphatic carbocycles. The number of rotatable bonds is 7. The van der Waals surface area contributed by atoms with Crippen LogP contribution in [0.4, 0.5) is 0 Å². The van der Waals surface area contributed by atoms with Gasteiger partial charge in [0.15, 0.2) is 11.5 Å². The molecule has 1 aromatic rings. The van der Waals surface area contributed by atoms with Crippen LogP contribution in [0.2, 0.25) is 0 Å². The molecule has 1 saturated heterocycles. The van der Waals surface area contributed by atoms with Crippen molar-refractivity contribution in [1.29, 1.82) is 0 Å². The van der Waals surface area contributed by atoms with E-state index in [1.165, 1.54) is 31.5 Å². The van der Waals surface area contributed by atoms with Gasteiger partial charge in [0.05, 0.1) is 14.2 Å². The second-order valence-electron chi connectivity index (χ2n) is 6.87. The van der Waals surface area contributed by atoms with Crippen molar-refractivity contribution in [1.82, 2.24) is 10.2 Å². The number of hydrogen-bond acceptors (Lipinski definition) is 4. The minimum absolute atomic E-state index is 0.462. The summed E-state index contributed by atoms with van der Waals surface area (Å²) in [6.07, 6.45) is 3.49. The SMILES string of the molecule is COc1ccc(CC(C)NC2CCN(C(C)C)CC2)cc1OC. The van der Waals surface area contributed by atoms with Crippen LogP contribution < -0.4 is 14.8 Å².